The molecule has 0 radical (unpaired) electrons. The highest BCUT2D eigenvalue weighted by Crippen LogP contribution is 2.23. The second kappa shape index (κ2) is 6.13. The quantitative estimate of drug-likeness (QED) is 0.768. The Bertz CT molecular complexity index is 245. The van der Waals surface area contributed by atoms with Crippen LogP contribution in [0.3, 0.4) is 0 Å². The minimum atomic E-state index is -5.08. The van der Waals surface area contributed by atoms with Crippen LogP contribution in [0.2, 0.25) is 0 Å². The van der Waals surface area contributed by atoms with Crippen molar-refractivity contribution in [2.24, 2.45) is 5.92 Å². The Hall–Kier alpha value is -0.920. The summed E-state index contributed by atoms with van der Waals surface area (Å²) >= 11 is 0. The molecule has 1 saturated heterocycles. The zero-order chi connectivity index (χ0) is 13.7. The van der Waals surface area contributed by atoms with Gasteiger partial charge in [0, 0.05) is 6.42 Å². The van der Waals surface area contributed by atoms with E-state index in [1.807, 2.05) is 0 Å². The zero-order valence-corrected chi connectivity index (χ0v) is 9.15. The Kier molecular flexibility index (Phi) is 5.80. The average molecular weight is 263 g/mol. The molecule has 2 N–H and O–H groups in total. The van der Waals surface area contributed by atoms with Crippen molar-refractivity contribution < 1.29 is 31.9 Å². The van der Waals surface area contributed by atoms with Crippen molar-refractivity contribution in [3.8, 4) is 0 Å². The molecular formula is C9H14F5NO2. The number of rotatable bonds is 3. The molecule has 0 aliphatic carbocycles. The van der Waals surface area contributed by atoms with Crippen LogP contribution in [0, 0.1) is 5.92 Å². The van der Waals surface area contributed by atoms with Crippen molar-refractivity contribution in [1.82, 2.24) is 5.32 Å². The van der Waals surface area contributed by atoms with Gasteiger partial charge in [0.25, 0.3) is 0 Å². The maximum Gasteiger partial charge on any atom is 0.490 e. The molecule has 1 fully saturated rings. The molecule has 0 spiro atoms. The van der Waals surface area contributed by atoms with E-state index in [1.165, 1.54) is 0 Å². The van der Waals surface area contributed by atoms with Gasteiger partial charge in [0.15, 0.2) is 0 Å². The Morgan fingerprint density at radius 1 is 1.29 bits per heavy atom. The topological polar surface area (TPSA) is 49.3 Å². The van der Waals surface area contributed by atoms with Crippen molar-refractivity contribution >= 4 is 5.97 Å². The van der Waals surface area contributed by atoms with E-state index in [4.69, 9.17) is 9.90 Å². The van der Waals surface area contributed by atoms with Gasteiger partial charge in [-0.15, -0.1) is 0 Å². The van der Waals surface area contributed by atoms with E-state index in [0.29, 0.717) is 12.3 Å². The summed E-state index contributed by atoms with van der Waals surface area (Å²) in [6.07, 6.45) is -4.38. The van der Waals surface area contributed by atoms with Crippen molar-refractivity contribution in [1.29, 1.82) is 0 Å². The smallest absolute Gasteiger partial charge is 0.475 e. The summed E-state index contributed by atoms with van der Waals surface area (Å²) in [5.74, 6) is -4.71. The molecule has 1 aliphatic heterocycles. The summed E-state index contributed by atoms with van der Waals surface area (Å²) in [5, 5.41) is 10.2. The highest BCUT2D eigenvalue weighted by atomic mass is 19.4. The number of carboxylic acids is 1. The van der Waals surface area contributed by atoms with E-state index in [2.05, 4.69) is 5.32 Å². The Labute approximate surface area is 95.0 Å². The molecule has 1 aliphatic rings. The van der Waals surface area contributed by atoms with Crippen LogP contribution in [0.15, 0.2) is 0 Å². The third-order valence-electron chi connectivity index (χ3n) is 2.10. The second-order valence-electron chi connectivity index (χ2n) is 3.94. The summed E-state index contributed by atoms with van der Waals surface area (Å²) < 4.78 is 56.2. The Morgan fingerprint density at radius 2 is 1.71 bits per heavy atom. The first-order chi connectivity index (χ1) is 7.52. The van der Waals surface area contributed by atoms with Crippen LogP contribution in [0.5, 0.6) is 0 Å². The van der Waals surface area contributed by atoms with Gasteiger partial charge < -0.3 is 10.4 Å². The number of halogens is 5. The summed E-state index contributed by atoms with van der Waals surface area (Å²) in [5.41, 5.74) is 0. The predicted molar refractivity (Wildman–Crippen MR) is 49.9 cm³/mol. The van der Waals surface area contributed by atoms with Crippen LogP contribution >= 0.6 is 0 Å². The molecule has 1 rings (SSSR count). The summed E-state index contributed by atoms with van der Waals surface area (Å²) in [7, 11) is 0. The van der Waals surface area contributed by atoms with Crippen LogP contribution in [-0.4, -0.2) is 36.3 Å². The fraction of sp³-hybridized carbons (Fsp3) is 0.889. The number of carboxylic acid groups (broad SMARTS) is 1. The number of hydrogen-bond donors (Lipinski definition) is 2. The van der Waals surface area contributed by atoms with E-state index >= 15 is 0 Å². The summed E-state index contributed by atoms with van der Waals surface area (Å²) in [6.45, 7) is 2.84. The second-order valence-corrected chi connectivity index (χ2v) is 3.94. The van der Waals surface area contributed by atoms with Crippen LogP contribution < -0.4 is 5.32 Å². The van der Waals surface area contributed by atoms with Gasteiger partial charge in [-0.3, -0.25) is 0 Å². The molecule has 0 atom stereocenters. The molecular weight excluding hydrogens is 249 g/mol. The highest BCUT2D eigenvalue weighted by Gasteiger charge is 2.38. The van der Waals surface area contributed by atoms with Crippen LogP contribution in [0.1, 0.15) is 19.8 Å². The molecule has 0 unspecified atom stereocenters. The number of carbonyl (C=O) groups is 1. The van der Waals surface area contributed by atoms with Gasteiger partial charge in [0.1, 0.15) is 0 Å². The molecule has 0 amide bonds. The molecule has 0 bridgehead atoms. The number of alkyl halides is 5. The van der Waals surface area contributed by atoms with E-state index in [9.17, 15) is 22.0 Å². The fourth-order valence-corrected chi connectivity index (χ4v) is 1.01. The lowest BCUT2D eigenvalue weighted by molar-refractivity contribution is -0.192. The molecule has 0 aromatic carbocycles. The maximum absolute atomic E-state index is 12.2. The molecule has 17 heavy (non-hydrogen) atoms. The largest absolute Gasteiger partial charge is 0.490 e. The lowest BCUT2D eigenvalue weighted by Gasteiger charge is -2.27. The number of aliphatic carboxylic acids is 1. The molecule has 0 aromatic rings. The fourth-order valence-electron chi connectivity index (χ4n) is 1.01. The summed E-state index contributed by atoms with van der Waals surface area (Å²) in [4.78, 5) is 8.90. The van der Waals surface area contributed by atoms with Crippen LogP contribution in [0.4, 0.5) is 22.0 Å². The molecule has 0 aromatic heterocycles. The van der Waals surface area contributed by atoms with Gasteiger partial charge in [-0.25, -0.2) is 13.6 Å². The third kappa shape index (κ3) is 8.84. The van der Waals surface area contributed by atoms with Gasteiger partial charge in [-0.1, -0.05) is 0 Å². The first-order valence-electron chi connectivity index (χ1n) is 4.91. The number of hydrogen-bond acceptors (Lipinski definition) is 2. The minimum Gasteiger partial charge on any atom is -0.475 e. The van der Waals surface area contributed by atoms with Gasteiger partial charge in [-0.2, -0.15) is 13.2 Å². The van der Waals surface area contributed by atoms with Gasteiger partial charge in [-0.05, 0) is 32.4 Å². The van der Waals surface area contributed by atoms with E-state index in [0.717, 1.165) is 20.0 Å². The zero-order valence-electron chi connectivity index (χ0n) is 9.15. The first-order valence-corrected chi connectivity index (χ1v) is 4.91. The third-order valence-corrected chi connectivity index (χ3v) is 2.10. The lowest BCUT2D eigenvalue weighted by Crippen LogP contribution is -2.42. The SMILES string of the molecule is CC(F)(F)CCC1CNC1.O=C(O)C(F)(F)F. The van der Waals surface area contributed by atoms with Crippen LogP contribution in [0.25, 0.3) is 0 Å². The average Bonchev–Trinajstić information content (AvgIpc) is 1.97. The van der Waals surface area contributed by atoms with E-state index in [-0.39, 0.29) is 6.42 Å². The van der Waals surface area contributed by atoms with E-state index in [1.54, 1.807) is 0 Å². The summed E-state index contributed by atoms with van der Waals surface area (Å²) in [6, 6.07) is 0. The normalized spacial score (nSPS) is 16.8. The molecule has 3 nitrogen and oxygen atoms in total. The predicted octanol–water partition coefficient (Wildman–Crippen LogP) is 2.27. The Morgan fingerprint density at radius 3 is 1.88 bits per heavy atom. The Balaban J connectivity index is 0.000000325. The first kappa shape index (κ1) is 16.1. The number of nitrogens with one attached hydrogen (secondary N) is 1. The molecule has 1 heterocycles. The van der Waals surface area contributed by atoms with Gasteiger partial charge >= 0.3 is 12.1 Å². The molecule has 0 saturated carbocycles. The monoisotopic (exact) mass is 263 g/mol. The van der Waals surface area contributed by atoms with E-state index < -0.39 is 18.1 Å². The van der Waals surface area contributed by atoms with Gasteiger partial charge in [0.2, 0.25) is 5.92 Å². The molecule has 102 valence electrons. The maximum atomic E-state index is 12.2. The standard InChI is InChI=1S/C7H13F2N.C2HF3O2/c1-7(8,9)3-2-6-4-10-5-6;3-2(4,5)1(6)7/h6,10H,2-5H2,1H3;(H,6,7). The van der Waals surface area contributed by atoms with Crippen LogP contribution in [-0.2, 0) is 4.79 Å². The van der Waals surface area contributed by atoms with Gasteiger partial charge in [0.05, 0.1) is 0 Å². The van der Waals surface area contributed by atoms with Crippen molar-refractivity contribution in [3.05, 3.63) is 0 Å². The van der Waals surface area contributed by atoms with Crippen molar-refractivity contribution in [2.45, 2.75) is 31.9 Å². The minimum absolute atomic E-state index is 0.0410. The molecule has 8 heteroatoms. The lowest BCUT2D eigenvalue weighted by atomic mass is 9.96. The van der Waals surface area contributed by atoms with Crippen molar-refractivity contribution in [3.63, 3.8) is 0 Å². The highest BCUT2D eigenvalue weighted by molar-refractivity contribution is 5.73. The van der Waals surface area contributed by atoms with Crippen molar-refractivity contribution in [2.75, 3.05) is 13.1 Å².